The van der Waals surface area contributed by atoms with Crippen LogP contribution in [0.1, 0.15) is 18.4 Å². The van der Waals surface area contributed by atoms with E-state index in [1.165, 1.54) is 0 Å². The Bertz CT molecular complexity index is 413. The third kappa shape index (κ3) is 1.92. The second-order valence-corrected chi connectivity index (χ2v) is 3.31. The zero-order valence-electron chi connectivity index (χ0n) is 8.73. The van der Waals surface area contributed by atoms with Gasteiger partial charge in [-0.3, -0.25) is 0 Å². The van der Waals surface area contributed by atoms with Crippen LogP contribution in [0, 0.1) is 0 Å². The molecule has 2 rings (SSSR count). The average Bonchev–Trinajstić information content (AvgIpc) is 2.73. The lowest BCUT2D eigenvalue weighted by atomic mass is 10.2. The molecule has 0 radical (unpaired) electrons. The van der Waals surface area contributed by atoms with Gasteiger partial charge in [-0.15, -0.1) is 0 Å². The Labute approximate surface area is 88.9 Å². The summed E-state index contributed by atoms with van der Waals surface area (Å²) in [5.74, 6) is 1.55. The van der Waals surface area contributed by atoms with Crippen molar-refractivity contribution >= 4 is 0 Å². The highest BCUT2D eigenvalue weighted by Crippen LogP contribution is 2.21. The maximum Gasteiger partial charge on any atom is 0.226 e. The first-order valence-corrected chi connectivity index (χ1v) is 5.09. The molecule has 0 unspecified atom stereocenters. The van der Waals surface area contributed by atoms with Crippen molar-refractivity contribution in [1.82, 2.24) is 4.98 Å². The van der Waals surface area contributed by atoms with E-state index in [4.69, 9.17) is 10.2 Å². The number of nitrogens with zero attached hydrogens (tertiary/aromatic N) is 1. The second kappa shape index (κ2) is 4.28. The van der Waals surface area contributed by atoms with Crippen LogP contribution in [0.2, 0.25) is 0 Å². The van der Waals surface area contributed by atoms with Crippen LogP contribution in [0.3, 0.4) is 0 Å². The lowest BCUT2D eigenvalue weighted by Crippen LogP contribution is -1.99. The number of aromatic nitrogens is 1. The summed E-state index contributed by atoms with van der Waals surface area (Å²) in [5.41, 5.74) is 7.45. The summed E-state index contributed by atoms with van der Waals surface area (Å²) in [7, 11) is 0. The fourth-order valence-corrected chi connectivity index (χ4v) is 1.52. The van der Waals surface area contributed by atoms with Gasteiger partial charge in [-0.25, -0.2) is 4.98 Å². The summed E-state index contributed by atoms with van der Waals surface area (Å²) in [5, 5.41) is 0. The van der Waals surface area contributed by atoms with Crippen molar-refractivity contribution in [2.75, 3.05) is 0 Å². The van der Waals surface area contributed by atoms with Crippen LogP contribution >= 0.6 is 0 Å². The summed E-state index contributed by atoms with van der Waals surface area (Å²) in [6, 6.07) is 9.86. The number of hydrogen-bond donors (Lipinski definition) is 1. The maximum atomic E-state index is 5.65. The Kier molecular flexibility index (Phi) is 2.83. The molecule has 78 valence electrons. The lowest BCUT2D eigenvalue weighted by molar-refractivity contribution is 0.521. The number of nitrogens with two attached hydrogens (primary N) is 1. The van der Waals surface area contributed by atoms with Crippen molar-refractivity contribution in [3.8, 4) is 11.5 Å². The van der Waals surface area contributed by atoms with E-state index in [1.54, 1.807) is 0 Å². The van der Waals surface area contributed by atoms with Gasteiger partial charge < -0.3 is 10.2 Å². The highest BCUT2D eigenvalue weighted by molar-refractivity contribution is 5.53. The number of benzene rings is 1. The van der Waals surface area contributed by atoms with Gasteiger partial charge in [-0.05, 0) is 12.1 Å². The number of oxazole rings is 1. The predicted octanol–water partition coefficient (Wildman–Crippen LogP) is 2.36. The minimum atomic E-state index is 0.430. The first-order valence-electron chi connectivity index (χ1n) is 5.09. The molecule has 0 amide bonds. The molecule has 3 heteroatoms. The minimum absolute atomic E-state index is 0.430. The van der Waals surface area contributed by atoms with Crippen LogP contribution in [-0.2, 0) is 13.0 Å². The summed E-state index contributed by atoms with van der Waals surface area (Å²) in [6.45, 7) is 2.47. The van der Waals surface area contributed by atoms with Gasteiger partial charge in [-0.1, -0.05) is 25.1 Å². The maximum absolute atomic E-state index is 5.65. The van der Waals surface area contributed by atoms with Crippen LogP contribution in [0.4, 0.5) is 0 Å². The van der Waals surface area contributed by atoms with Gasteiger partial charge in [0.2, 0.25) is 5.89 Å². The molecule has 15 heavy (non-hydrogen) atoms. The molecule has 0 saturated heterocycles. The quantitative estimate of drug-likeness (QED) is 0.831. The SMILES string of the molecule is CCc1oc(-c2ccccc2)nc1CN. The predicted molar refractivity (Wildman–Crippen MR) is 59.2 cm³/mol. The van der Waals surface area contributed by atoms with Crippen LogP contribution in [0.25, 0.3) is 11.5 Å². The second-order valence-electron chi connectivity index (χ2n) is 3.31. The Hall–Kier alpha value is -1.61. The van der Waals surface area contributed by atoms with E-state index >= 15 is 0 Å². The highest BCUT2D eigenvalue weighted by atomic mass is 16.4. The van der Waals surface area contributed by atoms with Gasteiger partial charge in [0.15, 0.2) is 0 Å². The zero-order chi connectivity index (χ0) is 10.7. The molecule has 0 aliphatic carbocycles. The fraction of sp³-hybridized carbons (Fsp3) is 0.250. The van der Waals surface area contributed by atoms with E-state index in [9.17, 15) is 0 Å². The number of rotatable bonds is 3. The van der Waals surface area contributed by atoms with Crippen LogP contribution in [0.5, 0.6) is 0 Å². The summed E-state index contributed by atoms with van der Waals surface area (Å²) in [6.07, 6.45) is 0.826. The van der Waals surface area contributed by atoms with Crippen molar-refractivity contribution < 1.29 is 4.42 Å². The van der Waals surface area contributed by atoms with Crippen molar-refractivity contribution in [1.29, 1.82) is 0 Å². The standard InChI is InChI=1S/C12H14N2O/c1-2-11-10(8-13)14-12(15-11)9-6-4-3-5-7-9/h3-7H,2,8,13H2,1H3. The third-order valence-electron chi connectivity index (χ3n) is 2.31. The topological polar surface area (TPSA) is 52.0 Å². The summed E-state index contributed by atoms with van der Waals surface area (Å²) < 4.78 is 5.65. The molecule has 3 nitrogen and oxygen atoms in total. The molecule has 0 aliphatic rings. The first-order chi connectivity index (χ1) is 7.35. The molecular weight excluding hydrogens is 188 g/mol. The van der Waals surface area contributed by atoms with Crippen molar-refractivity contribution in [3.05, 3.63) is 41.8 Å². The monoisotopic (exact) mass is 202 g/mol. The van der Waals surface area contributed by atoms with Crippen LogP contribution < -0.4 is 5.73 Å². The largest absolute Gasteiger partial charge is 0.441 e. The molecule has 0 fully saturated rings. The van der Waals surface area contributed by atoms with E-state index < -0.39 is 0 Å². The summed E-state index contributed by atoms with van der Waals surface area (Å²) >= 11 is 0. The molecule has 0 spiro atoms. The Balaban J connectivity index is 2.42. The molecule has 0 bridgehead atoms. The van der Waals surface area contributed by atoms with E-state index in [0.717, 1.165) is 23.4 Å². The zero-order valence-corrected chi connectivity index (χ0v) is 8.73. The molecule has 2 N–H and O–H groups in total. The van der Waals surface area contributed by atoms with Gasteiger partial charge in [0.1, 0.15) is 5.76 Å². The first kappa shape index (κ1) is 9.93. The van der Waals surface area contributed by atoms with Crippen molar-refractivity contribution in [3.63, 3.8) is 0 Å². The van der Waals surface area contributed by atoms with E-state index in [1.807, 2.05) is 37.3 Å². The van der Waals surface area contributed by atoms with Gasteiger partial charge in [0.25, 0.3) is 0 Å². The Morgan fingerprint density at radius 1 is 1.27 bits per heavy atom. The average molecular weight is 202 g/mol. The molecular formula is C12H14N2O. The van der Waals surface area contributed by atoms with Gasteiger partial charge >= 0.3 is 0 Å². The van der Waals surface area contributed by atoms with Crippen LogP contribution in [0.15, 0.2) is 34.7 Å². The van der Waals surface area contributed by atoms with Crippen molar-refractivity contribution in [2.45, 2.75) is 19.9 Å². The van der Waals surface area contributed by atoms with Crippen molar-refractivity contribution in [2.24, 2.45) is 5.73 Å². The van der Waals surface area contributed by atoms with Gasteiger partial charge in [0, 0.05) is 18.5 Å². The van der Waals surface area contributed by atoms with Crippen LogP contribution in [-0.4, -0.2) is 4.98 Å². The summed E-state index contributed by atoms with van der Waals surface area (Å²) in [4.78, 5) is 4.38. The van der Waals surface area contributed by atoms with E-state index in [-0.39, 0.29) is 0 Å². The number of hydrogen-bond acceptors (Lipinski definition) is 3. The molecule has 1 heterocycles. The molecule has 1 aromatic carbocycles. The third-order valence-corrected chi connectivity index (χ3v) is 2.31. The fourth-order valence-electron chi connectivity index (χ4n) is 1.52. The molecule has 0 aliphatic heterocycles. The molecule has 0 saturated carbocycles. The van der Waals surface area contributed by atoms with E-state index in [2.05, 4.69) is 4.98 Å². The molecule has 0 atom stereocenters. The molecule has 2 aromatic rings. The highest BCUT2D eigenvalue weighted by Gasteiger charge is 2.11. The lowest BCUT2D eigenvalue weighted by Gasteiger charge is -1.92. The van der Waals surface area contributed by atoms with Gasteiger partial charge in [-0.2, -0.15) is 0 Å². The van der Waals surface area contributed by atoms with Gasteiger partial charge in [0.05, 0.1) is 5.69 Å². The van der Waals surface area contributed by atoms with E-state index in [0.29, 0.717) is 12.4 Å². The Morgan fingerprint density at radius 2 is 2.00 bits per heavy atom. The smallest absolute Gasteiger partial charge is 0.226 e. The molecule has 1 aromatic heterocycles. The Morgan fingerprint density at radius 3 is 2.53 bits per heavy atom. The normalized spacial score (nSPS) is 10.5. The minimum Gasteiger partial charge on any atom is -0.441 e. The number of aryl methyl sites for hydroxylation is 1.